The predicted octanol–water partition coefficient (Wildman–Crippen LogP) is 3.53. The Balaban J connectivity index is 1.73. The van der Waals surface area contributed by atoms with Crippen LogP contribution in [-0.4, -0.2) is 40.5 Å². The van der Waals surface area contributed by atoms with E-state index in [1.54, 1.807) is 54.6 Å². The van der Waals surface area contributed by atoms with Crippen molar-refractivity contribution in [1.82, 2.24) is 0 Å². The van der Waals surface area contributed by atoms with Gasteiger partial charge in [-0.1, -0.05) is 42.0 Å². The number of esters is 1. The van der Waals surface area contributed by atoms with Crippen LogP contribution in [-0.2, 0) is 19.6 Å². The molecule has 0 heterocycles. The highest BCUT2D eigenvalue weighted by Crippen LogP contribution is 2.23. The third kappa shape index (κ3) is 5.60. The smallest absolute Gasteiger partial charge is 0.338 e. The SMILES string of the molecule is Cc1ccc(N(C)S(=O)(=O)c2cccc(C(=O)OCC(=O)N(CC#N)c3ccccc3)c2)cc1. The first kappa shape index (κ1) is 24.5. The Kier molecular flexibility index (Phi) is 7.66. The number of amides is 1. The molecule has 34 heavy (non-hydrogen) atoms. The summed E-state index contributed by atoms with van der Waals surface area (Å²) in [5.41, 5.74) is 1.95. The van der Waals surface area contributed by atoms with Crippen molar-refractivity contribution < 1.29 is 22.7 Å². The fourth-order valence-corrected chi connectivity index (χ4v) is 4.37. The number of hydrogen-bond donors (Lipinski definition) is 0. The van der Waals surface area contributed by atoms with Crippen molar-refractivity contribution in [3.63, 3.8) is 0 Å². The van der Waals surface area contributed by atoms with Crippen LogP contribution in [0.15, 0.2) is 83.8 Å². The first-order chi connectivity index (χ1) is 16.2. The van der Waals surface area contributed by atoms with Crippen LogP contribution in [0.5, 0.6) is 0 Å². The van der Waals surface area contributed by atoms with Crippen molar-refractivity contribution in [3.05, 3.63) is 90.0 Å². The lowest BCUT2D eigenvalue weighted by atomic mass is 10.2. The van der Waals surface area contributed by atoms with Gasteiger partial charge in [-0.25, -0.2) is 13.2 Å². The monoisotopic (exact) mass is 477 g/mol. The van der Waals surface area contributed by atoms with Gasteiger partial charge in [-0.15, -0.1) is 0 Å². The third-order valence-corrected chi connectivity index (χ3v) is 6.83. The van der Waals surface area contributed by atoms with Gasteiger partial charge in [0.1, 0.15) is 6.54 Å². The number of carbonyl (C=O) groups excluding carboxylic acids is 2. The van der Waals surface area contributed by atoms with Crippen LogP contribution in [0.2, 0.25) is 0 Å². The Hall–Kier alpha value is -4.16. The lowest BCUT2D eigenvalue weighted by Crippen LogP contribution is -2.35. The molecule has 0 saturated carbocycles. The molecule has 3 rings (SSSR count). The molecule has 0 unspecified atom stereocenters. The number of benzene rings is 3. The van der Waals surface area contributed by atoms with E-state index in [4.69, 9.17) is 10.00 Å². The van der Waals surface area contributed by atoms with Gasteiger partial charge in [0.25, 0.3) is 15.9 Å². The summed E-state index contributed by atoms with van der Waals surface area (Å²) in [5, 5.41) is 9.04. The van der Waals surface area contributed by atoms with E-state index in [0.717, 1.165) is 9.87 Å². The molecular weight excluding hydrogens is 454 g/mol. The number of ether oxygens (including phenoxy) is 1. The zero-order chi connectivity index (χ0) is 24.7. The van der Waals surface area contributed by atoms with Gasteiger partial charge in [-0.3, -0.25) is 14.0 Å². The van der Waals surface area contributed by atoms with Gasteiger partial charge in [-0.2, -0.15) is 5.26 Å². The predicted molar refractivity (Wildman–Crippen MR) is 128 cm³/mol. The fourth-order valence-electron chi connectivity index (χ4n) is 3.13. The highest BCUT2D eigenvalue weighted by molar-refractivity contribution is 7.92. The van der Waals surface area contributed by atoms with Crippen LogP contribution in [0.4, 0.5) is 11.4 Å². The Morgan fingerprint density at radius 1 is 0.941 bits per heavy atom. The minimum Gasteiger partial charge on any atom is -0.452 e. The highest BCUT2D eigenvalue weighted by Gasteiger charge is 2.23. The molecule has 0 N–H and O–H groups in total. The zero-order valence-corrected chi connectivity index (χ0v) is 19.5. The van der Waals surface area contributed by atoms with E-state index in [1.807, 2.05) is 13.0 Å². The lowest BCUT2D eigenvalue weighted by Gasteiger charge is -2.20. The maximum absolute atomic E-state index is 13.1. The molecule has 0 spiro atoms. The van der Waals surface area contributed by atoms with Crippen molar-refractivity contribution in [3.8, 4) is 6.07 Å². The lowest BCUT2D eigenvalue weighted by molar-refractivity contribution is -0.121. The topological polar surface area (TPSA) is 108 Å². The quantitative estimate of drug-likeness (QED) is 0.363. The summed E-state index contributed by atoms with van der Waals surface area (Å²) in [7, 11) is -2.51. The highest BCUT2D eigenvalue weighted by atomic mass is 32.2. The Bertz CT molecular complexity index is 1320. The van der Waals surface area contributed by atoms with Crippen molar-refractivity contribution in [2.24, 2.45) is 0 Å². The van der Waals surface area contributed by atoms with Gasteiger partial charge in [-0.05, 0) is 49.4 Å². The second-order valence-corrected chi connectivity index (χ2v) is 9.35. The zero-order valence-electron chi connectivity index (χ0n) is 18.7. The maximum Gasteiger partial charge on any atom is 0.338 e. The summed E-state index contributed by atoms with van der Waals surface area (Å²) >= 11 is 0. The van der Waals surface area contributed by atoms with E-state index in [2.05, 4.69) is 0 Å². The maximum atomic E-state index is 13.1. The molecule has 3 aromatic carbocycles. The Morgan fingerprint density at radius 3 is 2.26 bits per heavy atom. The second-order valence-electron chi connectivity index (χ2n) is 7.39. The van der Waals surface area contributed by atoms with E-state index < -0.39 is 28.5 Å². The average molecular weight is 478 g/mol. The molecule has 0 atom stereocenters. The van der Waals surface area contributed by atoms with Crippen molar-refractivity contribution in [1.29, 1.82) is 5.26 Å². The number of aryl methyl sites for hydroxylation is 1. The van der Waals surface area contributed by atoms with E-state index >= 15 is 0 Å². The summed E-state index contributed by atoms with van der Waals surface area (Å²) in [5.74, 6) is -1.43. The molecule has 0 radical (unpaired) electrons. The molecule has 1 amide bonds. The molecule has 9 heteroatoms. The van der Waals surface area contributed by atoms with Crippen LogP contribution < -0.4 is 9.21 Å². The number of nitriles is 1. The summed E-state index contributed by atoms with van der Waals surface area (Å²) in [4.78, 5) is 26.2. The Morgan fingerprint density at radius 2 is 1.62 bits per heavy atom. The molecule has 0 saturated heterocycles. The fraction of sp³-hybridized carbons (Fsp3) is 0.160. The van der Waals surface area contributed by atoms with Crippen LogP contribution in [0.1, 0.15) is 15.9 Å². The van der Waals surface area contributed by atoms with E-state index in [0.29, 0.717) is 11.4 Å². The van der Waals surface area contributed by atoms with Crippen LogP contribution >= 0.6 is 0 Å². The van der Waals surface area contributed by atoms with E-state index in [-0.39, 0.29) is 17.0 Å². The van der Waals surface area contributed by atoms with Gasteiger partial charge >= 0.3 is 5.97 Å². The number of carbonyl (C=O) groups is 2. The number of hydrogen-bond acceptors (Lipinski definition) is 6. The normalized spacial score (nSPS) is 10.7. The standard InChI is InChI=1S/C25H23N3O5S/c1-19-11-13-21(14-12-19)27(2)34(31,32)23-10-6-7-20(17-23)25(30)33-18-24(29)28(16-15-26)22-8-4-3-5-9-22/h3-14,17H,16,18H2,1-2H3. The first-order valence-electron chi connectivity index (χ1n) is 10.3. The molecule has 174 valence electrons. The molecule has 0 aliphatic carbocycles. The molecular formula is C25H23N3O5S. The summed E-state index contributed by atoms with van der Waals surface area (Å²) in [6.07, 6.45) is 0. The molecule has 0 aliphatic heterocycles. The second kappa shape index (κ2) is 10.6. The van der Waals surface area contributed by atoms with Gasteiger partial charge in [0.15, 0.2) is 6.61 Å². The van der Waals surface area contributed by atoms with Gasteiger partial charge in [0.2, 0.25) is 0 Å². The van der Waals surface area contributed by atoms with Crippen molar-refractivity contribution in [2.45, 2.75) is 11.8 Å². The van der Waals surface area contributed by atoms with Gasteiger partial charge < -0.3 is 4.74 Å². The number of para-hydroxylation sites is 1. The molecule has 0 aliphatic rings. The third-order valence-electron chi connectivity index (χ3n) is 5.05. The average Bonchev–Trinajstić information content (AvgIpc) is 2.86. The van der Waals surface area contributed by atoms with Gasteiger partial charge in [0.05, 0.1) is 22.2 Å². The number of rotatable bonds is 8. The number of nitrogens with zero attached hydrogens (tertiary/aromatic N) is 3. The van der Waals surface area contributed by atoms with Crippen LogP contribution in [0, 0.1) is 18.3 Å². The number of anilines is 2. The molecule has 3 aromatic rings. The Labute approximate surface area is 198 Å². The van der Waals surface area contributed by atoms with E-state index in [1.165, 1.54) is 36.2 Å². The molecule has 8 nitrogen and oxygen atoms in total. The largest absolute Gasteiger partial charge is 0.452 e. The molecule has 0 bridgehead atoms. The van der Waals surface area contributed by atoms with Crippen molar-refractivity contribution >= 4 is 33.3 Å². The summed E-state index contributed by atoms with van der Waals surface area (Å²) < 4.78 is 32.4. The summed E-state index contributed by atoms with van der Waals surface area (Å²) in [6, 6.07) is 22.9. The number of sulfonamides is 1. The van der Waals surface area contributed by atoms with Crippen LogP contribution in [0.3, 0.4) is 0 Å². The van der Waals surface area contributed by atoms with E-state index in [9.17, 15) is 18.0 Å². The van der Waals surface area contributed by atoms with Crippen molar-refractivity contribution in [2.75, 3.05) is 29.4 Å². The first-order valence-corrected chi connectivity index (χ1v) is 11.7. The van der Waals surface area contributed by atoms with Crippen LogP contribution in [0.25, 0.3) is 0 Å². The minimum absolute atomic E-state index is 0.0160. The molecule has 0 fully saturated rings. The summed E-state index contributed by atoms with van der Waals surface area (Å²) in [6.45, 7) is 1.09. The minimum atomic E-state index is -3.93. The molecule has 0 aromatic heterocycles. The van der Waals surface area contributed by atoms with Gasteiger partial charge in [0, 0.05) is 12.7 Å².